The van der Waals surface area contributed by atoms with E-state index in [1.807, 2.05) is 23.1 Å². The van der Waals surface area contributed by atoms with Gasteiger partial charge in [0.2, 0.25) is 5.91 Å². The molecular formula is C24H34N2O4. The molecule has 0 spiro atoms. The fraction of sp³-hybridized carbons (Fsp3) is 0.667. The van der Waals surface area contributed by atoms with Crippen LogP contribution in [-0.4, -0.2) is 54.8 Å². The van der Waals surface area contributed by atoms with Crippen LogP contribution in [0.4, 0.5) is 0 Å². The Bertz CT molecular complexity index is 705. The van der Waals surface area contributed by atoms with Gasteiger partial charge in [0.1, 0.15) is 5.54 Å². The maximum atomic E-state index is 13.4. The summed E-state index contributed by atoms with van der Waals surface area (Å²) in [5.41, 5.74) is -0.166. The first-order valence-corrected chi connectivity index (χ1v) is 11.6. The smallest absolute Gasteiger partial charge is 0.252 e. The number of rotatable bonds is 7. The molecule has 6 heteroatoms. The number of nitrogens with one attached hydrogen (secondary N) is 1. The van der Waals surface area contributed by atoms with E-state index in [-0.39, 0.29) is 18.1 Å². The molecule has 1 saturated carbocycles. The third kappa shape index (κ3) is 5.03. The van der Waals surface area contributed by atoms with E-state index in [2.05, 4.69) is 5.32 Å². The van der Waals surface area contributed by atoms with E-state index >= 15 is 0 Å². The first-order valence-electron chi connectivity index (χ1n) is 11.6. The van der Waals surface area contributed by atoms with Gasteiger partial charge in [-0.3, -0.25) is 9.59 Å². The molecule has 2 heterocycles. The van der Waals surface area contributed by atoms with Crippen molar-refractivity contribution in [3.8, 4) is 0 Å². The van der Waals surface area contributed by atoms with Crippen molar-refractivity contribution in [2.45, 2.75) is 69.6 Å². The molecule has 1 atom stereocenters. The second-order valence-electron chi connectivity index (χ2n) is 8.98. The molecule has 1 N–H and O–H groups in total. The van der Waals surface area contributed by atoms with Crippen molar-refractivity contribution >= 4 is 11.8 Å². The van der Waals surface area contributed by atoms with Crippen molar-refractivity contribution in [1.29, 1.82) is 0 Å². The summed E-state index contributed by atoms with van der Waals surface area (Å²) in [5.74, 6) is 0.323. The van der Waals surface area contributed by atoms with E-state index in [1.165, 1.54) is 6.42 Å². The Hall–Kier alpha value is -1.92. The zero-order valence-corrected chi connectivity index (χ0v) is 17.8. The van der Waals surface area contributed by atoms with Crippen molar-refractivity contribution in [2.75, 3.05) is 26.3 Å². The minimum Gasteiger partial charge on any atom is -0.353 e. The van der Waals surface area contributed by atoms with Gasteiger partial charge in [0.15, 0.2) is 6.29 Å². The zero-order valence-electron chi connectivity index (χ0n) is 17.8. The van der Waals surface area contributed by atoms with Crippen molar-refractivity contribution in [1.82, 2.24) is 10.2 Å². The van der Waals surface area contributed by atoms with Gasteiger partial charge in [0.25, 0.3) is 5.91 Å². The van der Waals surface area contributed by atoms with E-state index in [0.717, 1.165) is 58.2 Å². The summed E-state index contributed by atoms with van der Waals surface area (Å²) in [7, 11) is 0. The van der Waals surface area contributed by atoms with Crippen LogP contribution in [0.5, 0.6) is 0 Å². The number of nitrogens with zero attached hydrogens (tertiary/aromatic N) is 1. The molecule has 1 aromatic carbocycles. The van der Waals surface area contributed by atoms with Gasteiger partial charge in [-0.15, -0.1) is 0 Å². The Balaban J connectivity index is 1.35. The number of hydrogen-bond donors (Lipinski definition) is 1. The predicted octanol–water partition coefficient (Wildman–Crippen LogP) is 3.51. The van der Waals surface area contributed by atoms with Crippen LogP contribution in [0.25, 0.3) is 0 Å². The Morgan fingerprint density at radius 2 is 1.83 bits per heavy atom. The van der Waals surface area contributed by atoms with Crippen molar-refractivity contribution < 1.29 is 19.1 Å². The van der Waals surface area contributed by atoms with Crippen molar-refractivity contribution in [3.63, 3.8) is 0 Å². The maximum absolute atomic E-state index is 13.4. The minimum atomic E-state index is -0.768. The highest BCUT2D eigenvalue weighted by molar-refractivity contribution is 5.99. The topological polar surface area (TPSA) is 67.9 Å². The Kier molecular flexibility index (Phi) is 7.05. The monoisotopic (exact) mass is 414 g/mol. The molecule has 3 aliphatic rings. The number of carbonyl (C=O) groups is 2. The number of carbonyl (C=O) groups excluding carboxylic acids is 2. The maximum Gasteiger partial charge on any atom is 0.252 e. The van der Waals surface area contributed by atoms with Gasteiger partial charge < -0.3 is 19.7 Å². The van der Waals surface area contributed by atoms with E-state index in [0.29, 0.717) is 30.9 Å². The molecule has 0 radical (unpaired) electrons. The van der Waals surface area contributed by atoms with Gasteiger partial charge in [-0.25, -0.2) is 0 Å². The second kappa shape index (κ2) is 9.92. The molecule has 1 aliphatic carbocycles. The molecule has 4 rings (SSSR count). The van der Waals surface area contributed by atoms with Crippen LogP contribution in [0.3, 0.4) is 0 Å². The molecule has 3 fully saturated rings. The number of piperidine rings is 1. The van der Waals surface area contributed by atoms with E-state index < -0.39 is 5.54 Å². The van der Waals surface area contributed by atoms with Gasteiger partial charge in [0.05, 0.1) is 0 Å². The second-order valence-corrected chi connectivity index (χ2v) is 8.98. The number of ether oxygens (including phenoxy) is 2. The van der Waals surface area contributed by atoms with Crippen LogP contribution in [0, 0.1) is 5.92 Å². The summed E-state index contributed by atoms with van der Waals surface area (Å²) < 4.78 is 11.5. The van der Waals surface area contributed by atoms with Crippen LogP contribution >= 0.6 is 0 Å². The van der Waals surface area contributed by atoms with Gasteiger partial charge in [-0.2, -0.15) is 0 Å². The van der Waals surface area contributed by atoms with E-state index in [1.54, 1.807) is 12.1 Å². The highest BCUT2D eigenvalue weighted by atomic mass is 16.7. The standard InChI is InChI=1S/C24H34N2O4/c27-22(20-9-3-1-4-10-20)25-24(23(28)26-13-6-2-7-14-26)17-19(18-24)12-16-30-21-11-5-8-15-29-21/h1,3-4,9-10,19,21H,2,5-8,11-18H2,(H,25,27). The molecular weight excluding hydrogens is 380 g/mol. The Morgan fingerprint density at radius 3 is 2.53 bits per heavy atom. The van der Waals surface area contributed by atoms with Crippen molar-refractivity contribution in [2.24, 2.45) is 5.92 Å². The van der Waals surface area contributed by atoms with Crippen LogP contribution in [0.1, 0.15) is 68.1 Å². The highest BCUT2D eigenvalue weighted by Gasteiger charge is 2.52. The van der Waals surface area contributed by atoms with Crippen LogP contribution < -0.4 is 5.32 Å². The minimum absolute atomic E-state index is 0.0728. The molecule has 2 saturated heterocycles. The molecule has 1 aromatic rings. The largest absolute Gasteiger partial charge is 0.353 e. The fourth-order valence-electron chi connectivity index (χ4n) is 4.95. The SMILES string of the molecule is O=C(NC1(C(=O)N2CCCCC2)CC(CCOC2CCCCO2)C1)c1ccccc1. The molecule has 30 heavy (non-hydrogen) atoms. The molecule has 6 nitrogen and oxygen atoms in total. The van der Waals surface area contributed by atoms with Crippen LogP contribution in [-0.2, 0) is 14.3 Å². The van der Waals surface area contributed by atoms with E-state index in [9.17, 15) is 9.59 Å². The predicted molar refractivity (Wildman–Crippen MR) is 114 cm³/mol. The summed E-state index contributed by atoms with van der Waals surface area (Å²) in [6.45, 7) is 3.03. The Labute approximate surface area is 179 Å². The molecule has 2 amide bonds. The first kappa shape index (κ1) is 21.3. The normalized spacial score (nSPS) is 29.1. The van der Waals surface area contributed by atoms with Gasteiger partial charge in [0, 0.05) is 31.9 Å². The average Bonchev–Trinajstić information content (AvgIpc) is 2.78. The number of likely N-dealkylation sites (tertiary alicyclic amines) is 1. The number of hydrogen-bond acceptors (Lipinski definition) is 4. The fourth-order valence-corrected chi connectivity index (χ4v) is 4.95. The summed E-state index contributed by atoms with van der Waals surface area (Å²) in [6, 6.07) is 9.18. The van der Waals surface area contributed by atoms with Gasteiger partial charge in [-0.1, -0.05) is 18.2 Å². The van der Waals surface area contributed by atoms with Crippen molar-refractivity contribution in [3.05, 3.63) is 35.9 Å². The third-order valence-corrected chi connectivity index (χ3v) is 6.68. The highest BCUT2D eigenvalue weighted by Crippen LogP contribution is 2.42. The lowest BCUT2D eigenvalue weighted by Gasteiger charge is -2.49. The first-order chi connectivity index (χ1) is 14.7. The third-order valence-electron chi connectivity index (χ3n) is 6.68. The number of amides is 2. The van der Waals surface area contributed by atoms with Gasteiger partial charge in [-0.05, 0) is 75.8 Å². The molecule has 1 unspecified atom stereocenters. The number of benzene rings is 1. The summed E-state index contributed by atoms with van der Waals surface area (Å²) in [4.78, 5) is 28.2. The Morgan fingerprint density at radius 1 is 1.07 bits per heavy atom. The van der Waals surface area contributed by atoms with E-state index in [4.69, 9.17) is 9.47 Å². The lowest BCUT2D eigenvalue weighted by atomic mass is 9.66. The molecule has 2 aliphatic heterocycles. The lowest BCUT2D eigenvalue weighted by Crippen LogP contribution is -2.66. The van der Waals surface area contributed by atoms with Crippen LogP contribution in [0.2, 0.25) is 0 Å². The lowest BCUT2D eigenvalue weighted by molar-refractivity contribution is -0.167. The van der Waals surface area contributed by atoms with Crippen LogP contribution in [0.15, 0.2) is 30.3 Å². The summed E-state index contributed by atoms with van der Waals surface area (Å²) >= 11 is 0. The van der Waals surface area contributed by atoms with Gasteiger partial charge >= 0.3 is 0 Å². The molecule has 0 bridgehead atoms. The molecule has 0 aromatic heterocycles. The summed E-state index contributed by atoms with van der Waals surface area (Å²) in [6.07, 6.45) is 8.72. The quantitative estimate of drug-likeness (QED) is 0.741. The molecule has 164 valence electrons. The average molecular weight is 415 g/mol. The zero-order chi connectivity index (χ0) is 20.8. The summed E-state index contributed by atoms with van der Waals surface area (Å²) in [5, 5.41) is 3.12.